The number of fused-ring (bicyclic) bond motifs is 1. The lowest BCUT2D eigenvalue weighted by molar-refractivity contribution is -0.116. The number of pyridine rings is 2. The van der Waals surface area contributed by atoms with Gasteiger partial charge in [0.15, 0.2) is 0 Å². The minimum Gasteiger partial charge on any atom is -0.359 e. The van der Waals surface area contributed by atoms with Gasteiger partial charge in [-0.05, 0) is 18.2 Å². The number of hydrogen-bond acceptors (Lipinski definition) is 5. The van der Waals surface area contributed by atoms with Crippen LogP contribution in [0.2, 0.25) is 0 Å². The van der Waals surface area contributed by atoms with Gasteiger partial charge in [-0.2, -0.15) is 0 Å². The van der Waals surface area contributed by atoms with Crippen LogP contribution in [0.5, 0.6) is 0 Å². The van der Waals surface area contributed by atoms with Crippen LogP contribution in [0, 0.1) is 0 Å². The molecule has 7 nitrogen and oxygen atoms in total. The molecule has 0 saturated heterocycles. The molecule has 0 radical (unpaired) electrons. The Hall–Kier alpha value is -2.96. The Morgan fingerprint density at radius 1 is 1.38 bits per heavy atom. The molecule has 0 saturated carbocycles. The average Bonchev–Trinajstić information content (AvgIpc) is 2.63. The predicted molar refractivity (Wildman–Crippen MR) is 91.0 cm³/mol. The van der Waals surface area contributed by atoms with Gasteiger partial charge in [0.25, 0.3) is 5.91 Å². The first-order chi connectivity index (χ1) is 11.6. The number of carbonyl (C=O) groups excluding carboxylic acids is 2. The van der Waals surface area contributed by atoms with Crippen molar-refractivity contribution in [3.63, 3.8) is 0 Å². The Kier molecular flexibility index (Phi) is 4.41. The molecule has 2 aromatic heterocycles. The zero-order valence-corrected chi connectivity index (χ0v) is 13.7. The number of likely N-dealkylation sites (N-methyl/N-ethyl adjacent to an activating group) is 2. The number of hydrogen-bond donors (Lipinski definition) is 1. The van der Waals surface area contributed by atoms with Gasteiger partial charge >= 0.3 is 0 Å². The summed E-state index contributed by atoms with van der Waals surface area (Å²) in [6.07, 6.45) is 3.96. The first-order valence-electron chi connectivity index (χ1n) is 7.72. The highest BCUT2D eigenvalue weighted by Gasteiger charge is 2.23. The van der Waals surface area contributed by atoms with E-state index in [0.717, 1.165) is 5.69 Å². The molecule has 2 aromatic rings. The summed E-state index contributed by atoms with van der Waals surface area (Å²) < 4.78 is 0. The van der Waals surface area contributed by atoms with E-state index >= 15 is 0 Å². The molecule has 1 N–H and O–H groups in total. The zero-order valence-electron chi connectivity index (χ0n) is 13.7. The SMILES string of the molecule is CN(CCc1ccccn1)C(=O)c1cnc2c(c1)N(C)C(=O)CN2. The third kappa shape index (κ3) is 3.19. The van der Waals surface area contributed by atoms with Crippen LogP contribution in [0.4, 0.5) is 11.5 Å². The Balaban J connectivity index is 1.71. The van der Waals surface area contributed by atoms with Gasteiger partial charge in [0.05, 0.1) is 17.8 Å². The number of amides is 2. The summed E-state index contributed by atoms with van der Waals surface area (Å²) in [5, 5.41) is 2.95. The summed E-state index contributed by atoms with van der Waals surface area (Å²) in [5.74, 6) is 0.426. The fourth-order valence-corrected chi connectivity index (χ4v) is 2.52. The van der Waals surface area contributed by atoms with Crippen LogP contribution in [0.15, 0.2) is 36.7 Å². The summed E-state index contributed by atoms with van der Waals surface area (Å²) in [6.45, 7) is 0.772. The summed E-state index contributed by atoms with van der Waals surface area (Å²) >= 11 is 0. The summed E-state index contributed by atoms with van der Waals surface area (Å²) in [5.41, 5.74) is 2.02. The molecule has 24 heavy (non-hydrogen) atoms. The number of nitrogens with one attached hydrogen (secondary N) is 1. The van der Waals surface area contributed by atoms with Crippen LogP contribution in [0.3, 0.4) is 0 Å². The molecule has 1 aliphatic heterocycles. The minimum atomic E-state index is -0.132. The monoisotopic (exact) mass is 325 g/mol. The Morgan fingerprint density at radius 2 is 2.21 bits per heavy atom. The van der Waals surface area contributed by atoms with E-state index < -0.39 is 0 Å². The molecule has 0 unspecified atom stereocenters. The van der Waals surface area contributed by atoms with Gasteiger partial charge in [0.2, 0.25) is 5.91 Å². The number of rotatable bonds is 4. The first kappa shape index (κ1) is 15.9. The molecule has 7 heteroatoms. The lowest BCUT2D eigenvalue weighted by Gasteiger charge is -2.26. The van der Waals surface area contributed by atoms with Crippen molar-refractivity contribution in [2.24, 2.45) is 0 Å². The Morgan fingerprint density at radius 3 is 2.96 bits per heavy atom. The molecule has 0 bridgehead atoms. The molecule has 0 atom stereocenters. The van der Waals surface area contributed by atoms with E-state index in [2.05, 4.69) is 15.3 Å². The Labute approximate surface area is 140 Å². The van der Waals surface area contributed by atoms with E-state index in [1.807, 2.05) is 18.2 Å². The topological polar surface area (TPSA) is 78.4 Å². The van der Waals surface area contributed by atoms with Gasteiger partial charge < -0.3 is 15.1 Å². The van der Waals surface area contributed by atoms with Crippen LogP contribution in [0.25, 0.3) is 0 Å². The second kappa shape index (κ2) is 6.66. The van der Waals surface area contributed by atoms with Crippen LogP contribution < -0.4 is 10.2 Å². The standard InChI is InChI=1S/C17H19N5O2/c1-21(8-6-13-5-3-4-7-18-13)17(24)12-9-14-16(19-10-12)20-11-15(23)22(14)2/h3-5,7,9-10H,6,8,11H2,1-2H3,(H,19,20). The molecular weight excluding hydrogens is 306 g/mol. The molecule has 1 aliphatic rings. The molecule has 2 amide bonds. The number of anilines is 2. The molecule has 3 rings (SSSR count). The molecule has 124 valence electrons. The molecule has 0 aliphatic carbocycles. The van der Waals surface area contributed by atoms with E-state index in [1.54, 1.807) is 31.3 Å². The summed E-state index contributed by atoms with van der Waals surface area (Å²) in [7, 11) is 3.43. The maximum atomic E-state index is 12.6. The largest absolute Gasteiger partial charge is 0.359 e. The minimum absolute atomic E-state index is 0.0580. The van der Waals surface area contributed by atoms with E-state index in [0.29, 0.717) is 30.0 Å². The zero-order chi connectivity index (χ0) is 17.1. The van der Waals surface area contributed by atoms with E-state index in [9.17, 15) is 9.59 Å². The summed E-state index contributed by atoms with van der Waals surface area (Å²) in [6, 6.07) is 7.43. The van der Waals surface area contributed by atoms with Crippen molar-refractivity contribution in [3.8, 4) is 0 Å². The number of aromatic nitrogens is 2. The predicted octanol–water partition coefficient (Wildman–Crippen LogP) is 1.18. The van der Waals surface area contributed by atoms with Crippen molar-refractivity contribution in [1.82, 2.24) is 14.9 Å². The lowest BCUT2D eigenvalue weighted by Crippen LogP contribution is -2.37. The number of nitrogens with zero attached hydrogens (tertiary/aromatic N) is 4. The van der Waals surface area contributed by atoms with Gasteiger partial charge in [-0.25, -0.2) is 4.98 Å². The van der Waals surface area contributed by atoms with E-state index in [-0.39, 0.29) is 18.4 Å². The highest BCUT2D eigenvalue weighted by molar-refractivity contribution is 6.03. The number of carbonyl (C=O) groups is 2. The second-order valence-corrected chi connectivity index (χ2v) is 5.70. The van der Waals surface area contributed by atoms with Crippen LogP contribution in [-0.2, 0) is 11.2 Å². The maximum absolute atomic E-state index is 12.6. The average molecular weight is 325 g/mol. The van der Waals surface area contributed by atoms with Gasteiger partial charge in [-0.3, -0.25) is 14.6 Å². The van der Waals surface area contributed by atoms with Gasteiger partial charge in [-0.15, -0.1) is 0 Å². The molecular formula is C17H19N5O2. The van der Waals surface area contributed by atoms with Crippen molar-refractivity contribution < 1.29 is 9.59 Å². The highest BCUT2D eigenvalue weighted by atomic mass is 16.2. The van der Waals surface area contributed by atoms with Crippen molar-refractivity contribution in [3.05, 3.63) is 47.9 Å². The normalized spacial score (nSPS) is 13.2. The molecule has 0 aromatic carbocycles. The fourth-order valence-electron chi connectivity index (χ4n) is 2.52. The smallest absolute Gasteiger partial charge is 0.255 e. The van der Waals surface area contributed by atoms with E-state index in [4.69, 9.17) is 0 Å². The van der Waals surface area contributed by atoms with Crippen molar-refractivity contribution in [2.45, 2.75) is 6.42 Å². The van der Waals surface area contributed by atoms with Crippen molar-refractivity contribution in [1.29, 1.82) is 0 Å². The quantitative estimate of drug-likeness (QED) is 0.913. The molecule has 0 spiro atoms. The van der Waals surface area contributed by atoms with E-state index in [1.165, 1.54) is 11.1 Å². The third-order valence-corrected chi connectivity index (χ3v) is 4.03. The molecule has 0 fully saturated rings. The summed E-state index contributed by atoms with van der Waals surface area (Å²) in [4.78, 5) is 36.0. The first-order valence-corrected chi connectivity index (χ1v) is 7.72. The van der Waals surface area contributed by atoms with Gasteiger partial charge in [0.1, 0.15) is 5.82 Å². The van der Waals surface area contributed by atoms with Crippen molar-refractivity contribution >= 4 is 23.3 Å². The highest BCUT2D eigenvalue weighted by Crippen LogP contribution is 2.27. The maximum Gasteiger partial charge on any atom is 0.255 e. The van der Waals surface area contributed by atoms with Crippen LogP contribution >= 0.6 is 0 Å². The Bertz CT molecular complexity index is 763. The second-order valence-electron chi connectivity index (χ2n) is 5.70. The van der Waals surface area contributed by atoms with Crippen LogP contribution in [0.1, 0.15) is 16.1 Å². The third-order valence-electron chi connectivity index (χ3n) is 4.03. The van der Waals surface area contributed by atoms with Crippen molar-refractivity contribution in [2.75, 3.05) is 37.4 Å². The fraction of sp³-hybridized carbons (Fsp3) is 0.294. The van der Waals surface area contributed by atoms with Crippen LogP contribution in [-0.4, -0.2) is 53.9 Å². The van der Waals surface area contributed by atoms with Gasteiger partial charge in [0, 0.05) is 45.1 Å². The lowest BCUT2D eigenvalue weighted by atomic mass is 10.2. The molecule has 3 heterocycles. The van der Waals surface area contributed by atoms with Gasteiger partial charge in [-0.1, -0.05) is 6.07 Å².